The lowest BCUT2D eigenvalue weighted by Gasteiger charge is -2.33. The Morgan fingerprint density at radius 1 is 0.926 bits per heavy atom. The first kappa shape index (κ1) is 21.4. The van der Waals surface area contributed by atoms with E-state index in [4.69, 9.17) is 11.6 Å². The summed E-state index contributed by atoms with van der Waals surface area (Å²) in [5.74, 6) is 0. The van der Waals surface area contributed by atoms with E-state index >= 15 is 0 Å². The van der Waals surface area contributed by atoms with E-state index in [9.17, 15) is 31.4 Å². The minimum atomic E-state index is -5.90. The van der Waals surface area contributed by atoms with Gasteiger partial charge in [0.2, 0.25) is 0 Å². The van der Waals surface area contributed by atoms with E-state index in [1.165, 1.54) is 0 Å². The summed E-state index contributed by atoms with van der Waals surface area (Å²) in [4.78, 5) is 1.75. The molecule has 0 fully saturated rings. The molecule has 0 amide bonds. The van der Waals surface area contributed by atoms with Gasteiger partial charge in [-0.25, -0.2) is 0 Å². The summed E-state index contributed by atoms with van der Waals surface area (Å²) in [7, 11) is 0. The molecule has 0 aliphatic carbocycles. The number of alkyl halides is 6. The quantitative estimate of drug-likeness (QED) is 0.640. The highest BCUT2D eigenvalue weighted by Gasteiger charge is 2.71. The number of hydrogen-bond acceptors (Lipinski definition) is 2. The molecule has 0 atom stereocenters. The molecule has 0 spiro atoms. The number of anilines is 1. The van der Waals surface area contributed by atoms with Crippen LogP contribution >= 0.6 is 11.6 Å². The fourth-order valence-corrected chi connectivity index (χ4v) is 2.86. The van der Waals surface area contributed by atoms with Crippen LogP contribution in [-0.2, 0) is 12.1 Å². The van der Waals surface area contributed by atoms with Gasteiger partial charge in [0.15, 0.2) is 0 Å². The maximum atomic E-state index is 12.9. The van der Waals surface area contributed by atoms with E-state index in [0.29, 0.717) is 35.9 Å². The molecule has 0 saturated heterocycles. The summed E-state index contributed by atoms with van der Waals surface area (Å²) in [5.41, 5.74) is -4.98. The molecule has 2 aromatic carbocycles. The fraction of sp³-hybridized carbons (Fsp3) is 0.333. The number of nitrogens with zero attached hydrogens (tertiary/aromatic N) is 1. The molecule has 0 aliphatic heterocycles. The van der Waals surface area contributed by atoms with Gasteiger partial charge < -0.3 is 10.0 Å². The highest BCUT2D eigenvalue weighted by atomic mass is 35.5. The molecule has 0 unspecified atom stereocenters. The van der Waals surface area contributed by atoms with Gasteiger partial charge in [-0.3, -0.25) is 0 Å². The Bertz CT molecular complexity index is 759. The van der Waals surface area contributed by atoms with E-state index in [-0.39, 0.29) is 0 Å². The SMILES string of the molecule is CCN(Cc1cccc(Cl)c1)c1ccc(C(O)(C(F)(F)F)C(F)(F)F)cc1. The zero-order chi connectivity index (χ0) is 20.5. The third-order valence-corrected chi connectivity index (χ3v) is 4.35. The highest BCUT2D eigenvalue weighted by molar-refractivity contribution is 6.30. The molecular weight excluding hydrogens is 396 g/mol. The lowest BCUT2D eigenvalue weighted by molar-refractivity contribution is -0.376. The fourth-order valence-electron chi connectivity index (χ4n) is 2.64. The lowest BCUT2D eigenvalue weighted by Crippen LogP contribution is -2.53. The molecule has 27 heavy (non-hydrogen) atoms. The van der Waals surface area contributed by atoms with E-state index in [1.807, 2.05) is 0 Å². The molecule has 1 N–H and O–H groups in total. The van der Waals surface area contributed by atoms with Crippen molar-refractivity contribution < 1.29 is 31.4 Å². The standard InChI is InChI=1S/C18H16ClF6NO/c1-2-26(11-12-4-3-5-14(19)10-12)15-8-6-13(7-9-15)16(27,17(20,21)22)18(23,24)25/h3-10,27H,2,11H2,1H3. The van der Waals surface area contributed by atoms with Crippen molar-refractivity contribution in [3.63, 3.8) is 0 Å². The predicted molar refractivity (Wildman–Crippen MR) is 90.6 cm³/mol. The van der Waals surface area contributed by atoms with Crippen molar-refractivity contribution >= 4 is 17.3 Å². The molecule has 2 aromatic rings. The van der Waals surface area contributed by atoms with Gasteiger partial charge in [0, 0.05) is 29.4 Å². The summed E-state index contributed by atoms with van der Waals surface area (Å²) in [6.07, 6.45) is -11.8. The Balaban J connectivity index is 2.34. The summed E-state index contributed by atoms with van der Waals surface area (Å²) in [6, 6.07) is 10.4. The van der Waals surface area contributed by atoms with Crippen LogP contribution in [0.2, 0.25) is 5.02 Å². The molecule has 2 nitrogen and oxygen atoms in total. The van der Waals surface area contributed by atoms with Crippen molar-refractivity contribution in [2.45, 2.75) is 31.4 Å². The van der Waals surface area contributed by atoms with Crippen molar-refractivity contribution in [1.82, 2.24) is 0 Å². The Labute approximate surface area is 157 Å². The van der Waals surface area contributed by atoms with Crippen LogP contribution < -0.4 is 4.90 Å². The number of aliphatic hydroxyl groups is 1. The van der Waals surface area contributed by atoms with Gasteiger partial charge in [-0.15, -0.1) is 0 Å². The van der Waals surface area contributed by atoms with Gasteiger partial charge in [-0.2, -0.15) is 26.3 Å². The third kappa shape index (κ3) is 4.32. The average Bonchev–Trinajstić information content (AvgIpc) is 2.57. The highest BCUT2D eigenvalue weighted by Crippen LogP contribution is 2.50. The van der Waals surface area contributed by atoms with E-state index < -0.39 is 23.5 Å². The van der Waals surface area contributed by atoms with Crippen LogP contribution in [0.25, 0.3) is 0 Å². The van der Waals surface area contributed by atoms with E-state index in [1.54, 1.807) is 36.1 Å². The van der Waals surface area contributed by atoms with Gasteiger partial charge in [-0.05, 0) is 36.8 Å². The first-order chi connectivity index (χ1) is 12.4. The second kappa shape index (κ2) is 7.59. The van der Waals surface area contributed by atoms with Crippen LogP contribution in [0.1, 0.15) is 18.1 Å². The first-order valence-electron chi connectivity index (χ1n) is 7.86. The summed E-state index contributed by atoms with van der Waals surface area (Å²) >= 11 is 5.91. The Morgan fingerprint density at radius 2 is 1.48 bits per heavy atom. The lowest BCUT2D eigenvalue weighted by atomic mass is 9.92. The van der Waals surface area contributed by atoms with Gasteiger partial charge in [0.25, 0.3) is 5.60 Å². The topological polar surface area (TPSA) is 23.5 Å². The smallest absolute Gasteiger partial charge is 0.369 e. The zero-order valence-corrected chi connectivity index (χ0v) is 14.8. The van der Waals surface area contributed by atoms with Crippen molar-refractivity contribution in [3.05, 3.63) is 64.7 Å². The summed E-state index contributed by atoms with van der Waals surface area (Å²) in [6.45, 7) is 2.61. The van der Waals surface area contributed by atoms with E-state index in [0.717, 1.165) is 17.7 Å². The maximum absolute atomic E-state index is 12.9. The third-order valence-electron chi connectivity index (χ3n) is 4.11. The van der Waals surface area contributed by atoms with Crippen LogP contribution in [0.4, 0.5) is 32.0 Å². The van der Waals surface area contributed by atoms with Gasteiger partial charge >= 0.3 is 12.4 Å². The Hall–Kier alpha value is -1.93. The number of hydrogen-bond donors (Lipinski definition) is 1. The minimum absolute atomic E-state index is 0.360. The molecule has 0 heterocycles. The zero-order valence-electron chi connectivity index (χ0n) is 14.1. The molecule has 0 radical (unpaired) electrons. The number of rotatable bonds is 5. The van der Waals surface area contributed by atoms with Crippen LogP contribution in [-0.4, -0.2) is 24.0 Å². The largest absolute Gasteiger partial charge is 0.430 e. The van der Waals surface area contributed by atoms with Crippen molar-refractivity contribution in [2.24, 2.45) is 0 Å². The minimum Gasteiger partial charge on any atom is -0.369 e. The van der Waals surface area contributed by atoms with Crippen LogP contribution in [0.15, 0.2) is 48.5 Å². The number of halogens is 7. The molecule has 148 valence electrons. The monoisotopic (exact) mass is 411 g/mol. The second-order valence-electron chi connectivity index (χ2n) is 5.90. The molecule has 0 saturated carbocycles. The molecule has 0 aliphatic rings. The maximum Gasteiger partial charge on any atom is 0.430 e. The van der Waals surface area contributed by atoms with Crippen molar-refractivity contribution in [1.29, 1.82) is 0 Å². The Morgan fingerprint density at radius 3 is 1.93 bits per heavy atom. The van der Waals surface area contributed by atoms with E-state index in [2.05, 4.69) is 0 Å². The van der Waals surface area contributed by atoms with Crippen LogP contribution in [0, 0.1) is 0 Å². The van der Waals surface area contributed by atoms with Gasteiger partial charge in [0.05, 0.1) is 0 Å². The van der Waals surface area contributed by atoms with Gasteiger partial charge in [0.1, 0.15) is 0 Å². The van der Waals surface area contributed by atoms with Crippen LogP contribution in [0.3, 0.4) is 0 Å². The van der Waals surface area contributed by atoms with Crippen LogP contribution in [0.5, 0.6) is 0 Å². The molecular formula is C18H16ClF6NO. The number of benzene rings is 2. The molecule has 0 aromatic heterocycles. The second-order valence-corrected chi connectivity index (χ2v) is 6.33. The normalized spacial score (nSPS) is 12.9. The van der Waals surface area contributed by atoms with Crippen molar-refractivity contribution in [3.8, 4) is 0 Å². The Kier molecular flexibility index (Phi) is 6.01. The predicted octanol–water partition coefficient (Wildman–Crippen LogP) is 5.68. The van der Waals surface area contributed by atoms with Gasteiger partial charge in [-0.1, -0.05) is 35.9 Å². The molecule has 0 bridgehead atoms. The summed E-state index contributed by atoms with van der Waals surface area (Å²) in [5, 5.41) is 9.94. The molecule has 2 rings (SSSR count). The van der Waals surface area contributed by atoms with Crippen molar-refractivity contribution in [2.75, 3.05) is 11.4 Å². The first-order valence-corrected chi connectivity index (χ1v) is 8.23. The summed E-state index contributed by atoms with van der Waals surface area (Å²) < 4.78 is 77.7. The average molecular weight is 412 g/mol. The molecule has 9 heteroatoms.